The van der Waals surface area contributed by atoms with Gasteiger partial charge in [-0.1, -0.05) is 0 Å². The number of ether oxygens (including phenoxy) is 1. The normalized spacial score (nSPS) is 10.1. The molecule has 0 fully saturated rings. The third-order valence-corrected chi connectivity index (χ3v) is 2.22. The number of hydrogen-bond acceptors (Lipinski definition) is 3. The second-order valence-corrected chi connectivity index (χ2v) is 3.61. The van der Waals surface area contributed by atoms with E-state index in [0.717, 1.165) is 0 Å². The Balaban J connectivity index is 2.13. The lowest BCUT2D eigenvalue weighted by Crippen LogP contribution is -2.05. The summed E-state index contributed by atoms with van der Waals surface area (Å²) in [6.45, 7) is 1.60. The lowest BCUT2D eigenvalue weighted by molar-refractivity contribution is 0.0462. The van der Waals surface area contributed by atoms with E-state index in [9.17, 15) is 13.6 Å². The Morgan fingerprint density at radius 1 is 1.41 bits per heavy atom. The molecule has 0 amide bonds. The summed E-state index contributed by atoms with van der Waals surface area (Å²) in [6.07, 6.45) is 1.19. The van der Waals surface area contributed by atoms with E-state index in [1.807, 2.05) is 0 Å². The zero-order valence-corrected chi connectivity index (χ0v) is 9.54. The summed E-state index contributed by atoms with van der Waals surface area (Å²) in [5.41, 5.74) is 0.0855. The highest BCUT2D eigenvalue weighted by molar-refractivity contribution is 5.86. The Hall–Kier alpha value is -1.65. The van der Waals surface area contributed by atoms with Crippen molar-refractivity contribution in [3.8, 4) is 0 Å². The fourth-order valence-electron chi connectivity index (χ4n) is 1.22. The highest BCUT2D eigenvalue weighted by Gasteiger charge is 2.09. The van der Waals surface area contributed by atoms with Crippen molar-refractivity contribution < 1.29 is 22.7 Å². The first-order valence-corrected chi connectivity index (χ1v) is 5.32. The molecule has 0 N–H and O–H groups in total. The van der Waals surface area contributed by atoms with Crippen molar-refractivity contribution in [2.75, 3.05) is 6.61 Å². The highest BCUT2D eigenvalue weighted by Crippen LogP contribution is 2.14. The van der Waals surface area contributed by atoms with E-state index < -0.39 is 12.0 Å². The van der Waals surface area contributed by atoms with E-state index in [4.69, 9.17) is 9.15 Å². The number of carbonyl (C=O) groups is 1. The number of esters is 1. The van der Waals surface area contributed by atoms with Crippen LogP contribution in [0.3, 0.4) is 0 Å². The average Bonchev–Trinajstić information content (AvgIpc) is 2.81. The Morgan fingerprint density at radius 2 is 2.18 bits per heavy atom. The molecule has 0 unspecified atom stereocenters. The van der Waals surface area contributed by atoms with Gasteiger partial charge in [-0.05, 0) is 43.9 Å². The minimum absolute atomic E-state index is 0.0855. The van der Waals surface area contributed by atoms with Crippen molar-refractivity contribution in [2.45, 2.75) is 26.2 Å². The van der Waals surface area contributed by atoms with E-state index >= 15 is 0 Å². The maximum Gasteiger partial charge on any atom is 0.374 e. The molecule has 17 heavy (non-hydrogen) atoms. The third-order valence-electron chi connectivity index (χ3n) is 2.22. The maximum atomic E-state index is 12.0. The van der Waals surface area contributed by atoms with Crippen LogP contribution in [0.15, 0.2) is 34.5 Å². The quantitative estimate of drug-likeness (QED) is 0.564. The number of hydrogen-bond donors (Lipinski definition) is 0. The molecule has 0 saturated carbocycles. The molecule has 1 heterocycles. The standard InChI is InChI=1S/C12H14F2O3/c1-9(11(13)14)5-2-3-7-17-12(15)10-6-4-8-16-10/h4,6,8H,2-3,5,7H2,1H3. The van der Waals surface area contributed by atoms with Gasteiger partial charge in [-0.3, -0.25) is 0 Å². The summed E-state index contributed by atoms with van der Waals surface area (Å²) >= 11 is 0. The van der Waals surface area contributed by atoms with Crippen LogP contribution in [-0.4, -0.2) is 12.6 Å². The summed E-state index contributed by atoms with van der Waals surface area (Å²) in [5, 5.41) is 0. The Labute approximate surface area is 98.1 Å². The highest BCUT2D eigenvalue weighted by atomic mass is 19.3. The summed E-state index contributed by atoms with van der Waals surface area (Å²) in [6, 6.07) is 3.10. The Kier molecular flexibility index (Phi) is 5.39. The van der Waals surface area contributed by atoms with Crippen molar-refractivity contribution in [1.29, 1.82) is 0 Å². The van der Waals surface area contributed by atoms with Gasteiger partial charge >= 0.3 is 5.97 Å². The van der Waals surface area contributed by atoms with Gasteiger partial charge in [-0.15, -0.1) is 0 Å². The van der Waals surface area contributed by atoms with Crippen molar-refractivity contribution in [2.24, 2.45) is 0 Å². The first-order chi connectivity index (χ1) is 8.11. The fraction of sp³-hybridized carbons (Fsp3) is 0.417. The molecule has 0 spiro atoms. The first-order valence-electron chi connectivity index (χ1n) is 5.32. The second-order valence-electron chi connectivity index (χ2n) is 3.61. The molecule has 0 aromatic carbocycles. The molecule has 0 aliphatic heterocycles. The van der Waals surface area contributed by atoms with Gasteiger partial charge in [-0.25, -0.2) is 4.79 Å². The first kappa shape index (κ1) is 13.4. The van der Waals surface area contributed by atoms with Gasteiger partial charge in [0.2, 0.25) is 5.76 Å². The summed E-state index contributed by atoms with van der Waals surface area (Å²) in [7, 11) is 0. The topological polar surface area (TPSA) is 39.4 Å². The maximum absolute atomic E-state index is 12.0. The summed E-state index contributed by atoms with van der Waals surface area (Å²) < 4.78 is 33.8. The second kappa shape index (κ2) is 6.83. The zero-order chi connectivity index (χ0) is 12.7. The van der Waals surface area contributed by atoms with Gasteiger partial charge in [0.05, 0.1) is 12.9 Å². The van der Waals surface area contributed by atoms with Gasteiger partial charge in [-0.2, -0.15) is 8.78 Å². The molecule has 0 bridgehead atoms. The molecule has 0 saturated heterocycles. The summed E-state index contributed by atoms with van der Waals surface area (Å²) in [5.74, 6) is -0.380. The number of halogens is 2. The number of furan rings is 1. The number of carbonyl (C=O) groups excluding carboxylic acids is 1. The van der Waals surface area contributed by atoms with E-state index in [1.54, 1.807) is 6.07 Å². The van der Waals surface area contributed by atoms with Crippen LogP contribution in [0.25, 0.3) is 0 Å². The molecule has 1 aromatic heterocycles. The Bertz CT molecular complexity index is 378. The average molecular weight is 244 g/mol. The molecular formula is C12H14F2O3. The van der Waals surface area contributed by atoms with Gasteiger partial charge < -0.3 is 9.15 Å². The van der Waals surface area contributed by atoms with Crippen LogP contribution in [0.2, 0.25) is 0 Å². The molecular weight excluding hydrogens is 230 g/mol. The predicted octanol–water partition coefficient (Wildman–Crippen LogP) is 3.78. The molecule has 0 aliphatic rings. The van der Waals surface area contributed by atoms with Gasteiger partial charge in [0, 0.05) is 0 Å². The minimum atomic E-state index is -1.63. The molecule has 94 valence electrons. The van der Waals surface area contributed by atoms with Gasteiger partial charge in [0.25, 0.3) is 6.08 Å². The van der Waals surface area contributed by atoms with Crippen LogP contribution in [0.1, 0.15) is 36.7 Å². The van der Waals surface area contributed by atoms with Crippen molar-refractivity contribution in [1.82, 2.24) is 0 Å². The van der Waals surface area contributed by atoms with Gasteiger partial charge in [0.1, 0.15) is 0 Å². The van der Waals surface area contributed by atoms with Crippen LogP contribution in [-0.2, 0) is 4.74 Å². The number of rotatable bonds is 6. The number of unbranched alkanes of at least 4 members (excludes halogenated alkanes) is 1. The fourth-order valence-corrected chi connectivity index (χ4v) is 1.22. The van der Waals surface area contributed by atoms with E-state index in [2.05, 4.69) is 0 Å². The molecule has 0 radical (unpaired) electrons. The van der Waals surface area contributed by atoms with Crippen molar-refractivity contribution in [3.63, 3.8) is 0 Å². The van der Waals surface area contributed by atoms with E-state index in [1.165, 1.54) is 19.3 Å². The summed E-state index contributed by atoms with van der Waals surface area (Å²) in [4.78, 5) is 11.3. The van der Waals surface area contributed by atoms with Gasteiger partial charge in [0.15, 0.2) is 0 Å². The lowest BCUT2D eigenvalue weighted by Gasteiger charge is -2.03. The molecule has 0 atom stereocenters. The zero-order valence-electron chi connectivity index (χ0n) is 9.54. The minimum Gasteiger partial charge on any atom is -0.460 e. The van der Waals surface area contributed by atoms with E-state index in [0.29, 0.717) is 19.3 Å². The number of allylic oxidation sites excluding steroid dienone is 1. The van der Waals surface area contributed by atoms with Crippen molar-refractivity contribution >= 4 is 5.97 Å². The Morgan fingerprint density at radius 3 is 2.76 bits per heavy atom. The van der Waals surface area contributed by atoms with Crippen LogP contribution >= 0.6 is 0 Å². The molecule has 5 heteroatoms. The van der Waals surface area contributed by atoms with E-state index in [-0.39, 0.29) is 17.9 Å². The molecule has 0 aliphatic carbocycles. The predicted molar refractivity (Wildman–Crippen MR) is 57.8 cm³/mol. The van der Waals surface area contributed by atoms with Crippen LogP contribution in [0.5, 0.6) is 0 Å². The lowest BCUT2D eigenvalue weighted by atomic mass is 10.1. The largest absolute Gasteiger partial charge is 0.460 e. The molecule has 1 aromatic rings. The van der Waals surface area contributed by atoms with Crippen LogP contribution in [0, 0.1) is 0 Å². The van der Waals surface area contributed by atoms with Crippen LogP contribution < -0.4 is 0 Å². The third kappa shape index (κ3) is 4.80. The smallest absolute Gasteiger partial charge is 0.374 e. The monoisotopic (exact) mass is 244 g/mol. The van der Waals surface area contributed by atoms with Crippen LogP contribution in [0.4, 0.5) is 8.78 Å². The SMILES string of the molecule is CC(CCCCOC(=O)c1ccco1)=C(F)F. The molecule has 1 rings (SSSR count). The van der Waals surface area contributed by atoms with Crippen molar-refractivity contribution in [3.05, 3.63) is 35.8 Å². The molecule has 3 nitrogen and oxygen atoms in total.